The molecule has 2 amide bonds. The van der Waals surface area contributed by atoms with Crippen molar-refractivity contribution in [3.8, 4) is 0 Å². The first-order valence-electron chi connectivity index (χ1n) is 7.43. The summed E-state index contributed by atoms with van der Waals surface area (Å²) in [6.45, 7) is 4.12. The number of nitrogens with one attached hydrogen (secondary N) is 2. The summed E-state index contributed by atoms with van der Waals surface area (Å²) in [5.41, 5.74) is 0.751. The van der Waals surface area contributed by atoms with Crippen molar-refractivity contribution in [2.45, 2.75) is 6.42 Å². The van der Waals surface area contributed by atoms with Gasteiger partial charge in [0.2, 0.25) is 17.8 Å². The Morgan fingerprint density at radius 3 is 2.96 bits per heavy atom. The second-order valence-electron chi connectivity index (χ2n) is 5.55. The van der Waals surface area contributed by atoms with Crippen LogP contribution in [0.4, 0.5) is 10.3 Å². The van der Waals surface area contributed by atoms with Crippen LogP contribution in [0.25, 0.3) is 0 Å². The van der Waals surface area contributed by atoms with Crippen LogP contribution < -0.4 is 5.32 Å². The van der Waals surface area contributed by atoms with Crippen LogP contribution in [-0.4, -0.2) is 45.0 Å². The molecule has 0 aliphatic carbocycles. The molecule has 1 aromatic carbocycles. The summed E-state index contributed by atoms with van der Waals surface area (Å²) in [5, 5.41) is 9.25. The summed E-state index contributed by atoms with van der Waals surface area (Å²) in [6.07, 6.45) is 1.60. The third-order valence-electron chi connectivity index (χ3n) is 3.77. The number of nitrogens with zero attached hydrogens (tertiary/aromatic N) is 3. The van der Waals surface area contributed by atoms with E-state index < -0.39 is 0 Å². The summed E-state index contributed by atoms with van der Waals surface area (Å²) in [6, 6.07) is 6.19. The quantitative estimate of drug-likeness (QED) is 0.804. The Hall–Kier alpha value is -3.03. The van der Waals surface area contributed by atoms with Crippen LogP contribution in [-0.2, 0) is 16.0 Å². The zero-order chi connectivity index (χ0) is 17.1. The summed E-state index contributed by atoms with van der Waals surface area (Å²) in [5.74, 6) is -0.329. The first-order chi connectivity index (χ1) is 11.5. The molecule has 124 valence electrons. The maximum Gasteiger partial charge on any atom is 0.248 e. The number of hydrogen-bond acceptors (Lipinski definition) is 4. The van der Waals surface area contributed by atoms with Gasteiger partial charge in [0.05, 0.1) is 5.92 Å². The van der Waals surface area contributed by atoms with E-state index in [4.69, 9.17) is 0 Å². The van der Waals surface area contributed by atoms with Crippen molar-refractivity contribution < 1.29 is 14.0 Å². The van der Waals surface area contributed by atoms with Crippen molar-refractivity contribution in [2.24, 2.45) is 5.92 Å². The summed E-state index contributed by atoms with van der Waals surface area (Å²) in [7, 11) is 0. The second-order valence-corrected chi connectivity index (χ2v) is 5.55. The third kappa shape index (κ3) is 3.48. The van der Waals surface area contributed by atoms with E-state index in [1.165, 1.54) is 23.1 Å². The number of rotatable bonds is 5. The highest BCUT2D eigenvalue weighted by atomic mass is 19.1. The van der Waals surface area contributed by atoms with E-state index in [1.807, 2.05) is 0 Å². The smallest absolute Gasteiger partial charge is 0.248 e. The van der Waals surface area contributed by atoms with Crippen LogP contribution in [0.5, 0.6) is 0 Å². The van der Waals surface area contributed by atoms with E-state index in [1.54, 1.807) is 12.1 Å². The van der Waals surface area contributed by atoms with Gasteiger partial charge in [0.15, 0.2) is 0 Å². The van der Waals surface area contributed by atoms with Gasteiger partial charge in [-0.1, -0.05) is 18.7 Å². The largest absolute Gasteiger partial charge is 0.337 e. The number of H-pyrrole nitrogens is 1. The molecule has 0 unspecified atom stereocenters. The van der Waals surface area contributed by atoms with Crippen molar-refractivity contribution in [1.82, 2.24) is 20.1 Å². The van der Waals surface area contributed by atoms with Crippen LogP contribution in [0.15, 0.2) is 36.9 Å². The number of hydrogen-bond donors (Lipinski definition) is 2. The Morgan fingerprint density at radius 2 is 2.25 bits per heavy atom. The average Bonchev–Trinajstić information content (AvgIpc) is 2.92. The van der Waals surface area contributed by atoms with E-state index in [2.05, 4.69) is 27.1 Å². The molecule has 1 aromatic heterocycles. The minimum absolute atomic E-state index is 0.167. The lowest BCUT2D eigenvalue weighted by Gasteiger charge is -2.37. The molecule has 2 N–H and O–H groups in total. The molecule has 0 radical (unpaired) electrons. The van der Waals surface area contributed by atoms with Gasteiger partial charge in [-0.05, 0) is 23.8 Å². The maximum absolute atomic E-state index is 13.2. The lowest BCUT2D eigenvalue weighted by Crippen LogP contribution is -2.54. The van der Waals surface area contributed by atoms with Gasteiger partial charge >= 0.3 is 0 Å². The fraction of sp³-hybridized carbons (Fsp3) is 0.250. The van der Waals surface area contributed by atoms with Crippen LogP contribution >= 0.6 is 0 Å². The Kier molecular flexibility index (Phi) is 4.37. The summed E-state index contributed by atoms with van der Waals surface area (Å²) in [4.78, 5) is 29.1. The van der Waals surface area contributed by atoms with Gasteiger partial charge in [-0.3, -0.25) is 20.0 Å². The molecule has 3 rings (SSSR count). The van der Waals surface area contributed by atoms with Crippen molar-refractivity contribution >= 4 is 17.8 Å². The summed E-state index contributed by atoms with van der Waals surface area (Å²) < 4.78 is 13.2. The number of aromatic amines is 1. The highest BCUT2D eigenvalue weighted by molar-refractivity contribution is 5.94. The highest BCUT2D eigenvalue weighted by Gasteiger charge is 2.35. The first kappa shape index (κ1) is 15.9. The van der Waals surface area contributed by atoms with Crippen molar-refractivity contribution in [1.29, 1.82) is 0 Å². The minimum Gasteiger partial charge on any atom is -0.337 e. The van der Waals surface area contributed by atoms with E-state index in [0.29, 0.717) is 25.3 Å². The molecule has 0 atom stereocenters. The maximum atomic E-state index is 13.2. The third-order valence-corrected chi connectivity index (χ3v) is 3.77. The van der Waals surface area contributed by atoms with Crippen LogP contribution in [0, 0.1) is 11.7 Å². The molecular formula is C16H16FN5O2. The Bertz CT molecular complexity index is 782. The van der Waals surface area contributed by atoms with Crippen LogP contribution in [0.1, 0.15) is 11.4 Å². The minimum atomic E-state index is -0.316. The molecule has 0 spiro atoms. The number of anilines is 1. The molecular weight excluding hydrogens is 313 g/mol. The van der Waals surface area contributed by atoms with Crippen molar-refractivity contribution in [3.05, 3.63) is 54.1 Å². The first-order valence-corrected chi connectivity index (χ1v) is 7.43. The van der Waals surface area contributed by atoms with Gasteiger partial charge in [0, 0.05) is 19.5 Å². The zero-order valence-electron chi connectivity index (χ0n) is 12.8. The molecule has 1 saturated heterocycles. The zero-order valence-corrected chi connectivity index (χ0v) is 12.8. The predicted molar refractivity (Wildman–Crippen MR) is 84.5 cm³/mol. The van der Waals surface area contributed by atoms with E-state index in [-0.39, 0.29) is 29.5 Å². The molecule has 1 fully saturated rings. The number of likely N-dealkylation sites (tertiary alicyclic amines) is 1. The molecule has 0 saturated carbocycles. The molecule has 2 heterocycles. The van der Waals surface area contributed by atoms with Crippen LogP contribution in [0.2, 0.25) is 0 Å². The number of aromatic nitrogens is 3. The molecule has 0 bridgehead atoms. The number of halogens is 1. The van der Waals surface area contributed by atoms with Gasteiger partial charge in [-0.25, -0.2) is 4.39 Å². The lowest BCUT2D eigenvalue weighted by atomic mass is 9.99. The van der Waals surface area contributed by atoms with E-state index in [0.717, 1.165) is 5.56 Å². The molecule has 1 aliphatic heterocycles. The fourth-order valence-electron chi connectivity index (χ4n) is 2.44. The molecule has 24 heavy (non-hydrogen) atoms. The van der Waals surface area contributed by atoms with Crippen molar-refractivity contribution in [3.63, 3.8) is 0 Å². The average molecular weight is 329 g/mol. The van der Waals surface area contributed by atoms with Gasteiger partial charge in [-0.15, -0.1) is 5.10 Å². The monoisotopic (exact) mass is 329 g/mol. The Morgan fingerprint density at radius 1 is 1.46 bits per heavy atom. The normalized spacial score (nSPS) is 14.1. The SMILES string of the molecule is C=CC(=O)N1CC(C(=O)Nc2n[nH]c(Cc3cccc(F)c3)n2)C1. The van der Waals surface area contributed by atoms with Crippen molar-refractivity contribution in [2.75, 3.05) is 18.4 Å². The summed E-state index contributed by atoms with van der Waals surface area (Å²) >= 11 is 0. The second kappa shape index (κ2) is 6.61. The predicted octanol–water partition coefficient (Wildman–Crippen LogP) is 1.12. The van der Waals surface area contributed by atoms with Gasteiger partial charge < -0.3 is 4.90 Å². The van der Waals surface area contributed by atoms with Gasteiger partial charge in [-0.2, -0.15) is 4.98 Å². The topological polar surface area (TPSA) is 91.0 Å². The molecule has 1 aliphatic rings. The number of carbonyl (C=O) groups is 2. The Labute approximate surface area is 137 Å². The number of amides is 2. The lowest BCUT2D eigenvalue weighted by molar-refractivity contribution is -0.137. The van der Waals surface area contributed by atoms with Gasteiger partial charge in [0.25, 0.3) is 0 Å². The van der Waals surface area contributed by atoms with Gasteiger partial charge in [0.1, 0.15) is 11.6 Å². The van der Waals surface area contributed by atoms with E-state index >= 15 is 0 Å². The Balaban J connectivity index is 1.54. The number of carbonyl (C=O) groups excluding carboxylic acids is 2. The highest BCUT2D eigenvalue weighted by Crippen LogP contribution is 2.17. The number of benzene rings is 1. The fourth-order valence-corrected chi connectivity index (χ4v) is 2.44. The molecule has 2 aromatic rings. The standard InChI is InChI=1S/C16H16FN5O2/c1-2-14(23)22-8-11(9-22)15(24)19-16-18-13(20-21-16)7-10-4-3-5-12(17)6-10/h2-6,11H,1,7-9H2,(H2,18,19,20,21,24). The molecule has 8 heteroatoms. The molecule has 7 nitrogen and oxygen atoms in total. The van der Waals surface area contributed by atoms with E-state index in [9.17, 15) is 14.0 Å². The van der Waals surface area contributed by atoms with Crippen LogP contribution in [0.3, 0.4) is 0 Å².